The summed E-state index contributed by atoms with van der Waals surface area (Å²) in [6.07, 6.45) is 1.19. The van der Waals surface area contributed by atoms with Crippen LogP contribution in [-0.4, -0.2) is 11.5 Å². The maximum absolute atomic E-state index is 6.12. The zero-order chi connectivity index (χ0) is 12.3. The SMILES string of the molecule is CCCSCC(N)c1cc2cc(C)ccc2o1. The van der Waals surface area contributed by atoms with Crippen LogP contribution in [0.25, 0.3) is 11.0 Å². The van der Waals surface area contributed by atoms with Crippen molar-refractivity contribution in [2.24, 2.45) is 5.73 Å². The Morgan fingerprint density at radius 3 is 2.94 bits per heavy atom. The summed E-state index contributed by atoms with van der Waals surface area (Å²) < 4.78 is 5.78. The van der Waals surface area contributed by atoms with Gasteiger partial charge in [0.25, 0.3) is 0 Å². The fourth-order valence-electron chi connectivity index (χ4n) is 1.80. The van der Waals surface area contributed by atoms with Gasteiger partial charge < -0.3 is 10.2 Å². The summed E-state index contributed by atoms with van der Waals surface area (Å²) in [5.41, 5.74) is 8.30. The van der Waals surface area contributed by atoms with E-state index < -0.39 is 0 Å². The molecule has 1 unspecified atom stereocenters. The van der Waals surface area contributed by atoms with E-state index in [1.54, 1.807) is 0 Å². The first-order valence-corrected chi connectivity index (χ1v) is 7.19. The number of nitrogens with two attached hydrogens (primary N) is 1. The van der Waals surface area contributed by atoms with E-state index >= 15 is 0 Å². The summed E-state index contributed by atoms with van der Waals surface area (Å²) in [6, 6.07) is 8.28. The Bertz CT molecular complexity index is 492. The van der Waals surface area contributed by atoms with Gasteiger partial charge in [-0.2, -0.15) is 11.8 Å². The minimum atomic E-state index is -0.000689. The summed E-state index contributed by atoms with van der Waals surface area (Å²) in [4.78, 5) is 0. The van der Waals surface area contributed by atoms with Crippen molar-refractivity contribution in [2.75, 3.05) is 11.5 Å². The van der Waals surface area contributed by atoms with E-state index in [1.165, 1.54) is 12.0 Å². The molecule has 1 aromatic heterocycles. The highest BCUT2D eigenvalue weighted by atomic mass is 32.2. The molecule has 1 aromatic carbocycles. The van der Waals surface area contributed by atoms with Gasteiger partial charge in [-0.3, -0.25) is 0 Å². The van der Waals surface area contributed by atoms with Crippen molar-refractivity contribution >= 4 is 22.7 Å². The number of thioether (sulfide) groups is 1. The third-order valence-corrected chi connectivity index (χ3v) is 3.99. The van der Waals surface area contributed by atoms with Gasteiger partial charge in [0.05, 0.1) is 6.04 Å². The van der Waals surface area contributed by atoms with Gasteiger partial charge >= 0.3 is 0 Å². The third kappa shape index (κ3) is 3.05. The lowest BCUT2D eigenvalue weighted by Gasteiger charge is -2.06. The Morgan fingerprint density at radius 2 is 2.18 bits per heavy atom. The molecule has 2 N–H and O–H groups in total. The maximum Gasteiger partial charge on any atom is 0.134 e. The molecule has 0 saturated carbocycles. The highest BCUT2D eigenvalue weighted by Gasteiger charge is 2.11. The third-order valence-electron chi connectivity index (χ3n) is 2.70. The molecular weight excluding hydrogens is 230 g/mol. The van der Waals surface area contributed by atoms with E-state index in [2.05, 4.69) is 32.0 Å². The van der Waals surface area contributed by atoms with Crippen molar-refractivity contribution in [3.8, 4) is 0 Å². The molecule has 2 nitrogen and oxygen atoms in total. The van der Waals surface area contributed by atoms with E-state index in [-0.39, 0.29) is 6.04 Å². The Morgan fingerprint density at radius 1 is 1.35 bits per heavy atom. The molecule has 92 valence electrons. The van der Waals surface area contributed by atoms with Crippen molar-refractivity contribution in [3.05, 3.63) is 35.6 Å². The van der Waals surface area contributed by atoms with Crippen molar-refractivity contribution in [3.63, 3.8) is 0 Å². The van der Waals surface area contributed by atoms with Gasteiger partial charge in [-0.25, -0.2) is 0 Å². The Labute approximate surface area is 107 Å². The van der Waals surface area contributed by atoms with Gasteiger partial charge in [0.2, 0.25) is 0 Å². The number of hydrogen-bond acceptors (Lipinski definition) is 3. The fourth-order valence-corrected chi connectivity index (χ4v) is 2.68. The number of rotatable bonds is 5. The molecule has 0 aliphatic carbocycles. The minimum Gasteiger partial charge on any atom is -0.459 e. The molecular formula is C14H19NOS. The average molecular weight is 249 g/mol. The lowest BCUT2D eigenvalue weighted by molar-refractivity contribution is 0.516. The normalized spacial score (nSPS) is 13.1. The zero-order valence-corrected chi connectivity index (χ0v) is 11.2. The lowest BCUT2D eigenvalue weighted by atomic mass is 10.2. The molecule has 2 aromatic rings. The minimum absolute atomic E-state index is 0.000689. The van der Waals surface area contributed by atoms with Crippen LogP contribution in [0.2, 0.25) is 0 Å². The monoisotopic (exact) mass is 249 g/mol. The second-order valence-electron chi connectivity index (χ2n) is 4.37. The molecule has 0 radical (unpaired) electrons. The first kappa shape index (κ1) is 12.5. The van der Waals surface area contributed by atoms with Crippen molar-refractivity contribution in [2.45, 2.75) is 26.3 Å². The Balaban J connectivity index is 2.12. The van der Waals surface area contributed by atoms with Gasteiger partial charge in [-0.05, 0) is 37.3 Å². The highest BCUT2D eigenvalue weighted by Crippen LogP contribution is 2.25. The van der Waals surface area contributed by atoms with Gasteiger partial charge in [0.15, 0.2) is 0 Å². The second kappa shape index (κ2) is 5.61. The number of aryl methyl sites for hydroxylation is 1. The van der Waals surface area contributed by atoms with Crippen LogP contribution in [0.15, 0.2) is 28.7 Å². The second-order valence-corrected chi connectivity index (χ2v) is 5.52. The smallest absolute Gasteiger partial charge is 0.134 e. The fraction of sp³-hybridized carbons (Fsp3) is 0.429. The van der Waals surface area contributed by atoms with Gasteiger partial charge in [-0.15, -0.1) is 0 Å². The zero-order valence-electron chi connectivity index (χ0n) is 10.4. The number of benzene rings is 1. The first-order valence-electron chi connectivity index (χ1n) is 6.04. The van der Waals surface area contributed by atoms with Crippen LogP contribution in [0, 0.1) is 6.92 Å². The summed E-state index contributed by atoms with van der Waals surface area (Å²) in [7, 11) is 0. The predicted molar refractivity (Wildman–Crippen MR) is 75.5 cm³/mol. The van der Waals surface area contributed by atoms with Crippen LogP contribution in [0.3, 0.4) is 0 Å². The number of fused-ring (bicyclic) bond motifs is 1. The lowest BCUT2D eigenvalue weighted by Crippen LogP contribution is -2.12. The predicted octanol–water partition coefficient (Wildman–Crippen LogP) is 3.88. The van der Waals surface area contributed by atoms with E-state index in [4.69, 9.17) is 10.2 Å². The number of furan rings is 1. The Kier molecular flexibility index (Phi) is 4.13. The van der Waals surface area contributed by atoms with Crippen LogP contribution >= 0.6 is 11.8 Å². The van der Waals surface area contributed by atoms with Crippen molar-refractivity contribution in [1.82, 2.24) is 0 Å². The van der Waals surface area contributed by atoms with Gasteiger partial charge in [0.1, 0.15) is 11.3 Å². The molecule has 1 atom stereocenters. The molecule has 0 spiro atoms. The van der Waals surface area contributed by atoms with E-state index in [1.807, 2.05) is 17.8 Å². The first-order chi connectivity index (χ1) is 8.20. The average Bonchev–Trinajstić information content (AvgIpc) is 2.72. The standard InChI is InChI=1S/C14H19NOS/c1-3-6-17-9-12(15)14-8-11-7-10(2)4-5-13(11)16-14/h4-5,7-8,12H,3,6,9,15H2,1-2H3. The molecule has 1 heterocycles. The van der Waals surface area contributed by atoms with Crippen LogP contribution in [0.1, 0.15) is 30.7 Å². The summed E-state index contributed by atoms with van der Waals surface area (Å²) in [6.45, 7) is 4.27. The number of hydrogen-bond donors (Lipinski definition) is 1. The van der Waals surface area contributed by atoms with E-state index in [0.29, 0.717) is 0 Å². The molecule has 0 fully saturated rings. The van der Waals surface area contributed by atoms with E-state index in [9.17, 15) is 0 Å². The highest BCUT2D eigenvalue weighted by molar-refractivity contribution is 7.99. The topological polar surface area (TPSA) is 39.2 Å². The molecule has 0 aliphatic rings. The van der Waals surface area contributed by atoms with Crippen LogP contribution in [0.5, 0.6) is 0 Å². The van der Waals surface area contributed by atoms with Gasteiger partial charge in [-0.1, -0.05) is 18.6 Å². The molecule has 0 bridgehead atoms. The summed E-state index contributed by atoms with van der Waals surface area (Å²) in [5.74, 6) is 2.98. The summed E-state index contributed by atoms with van der Waals surface area (Å²) in [5, 5.41) is 1.15. The summed E-state index contributed by atoms with van der Waals surface area (Å²) >= 11 is 1.88. The van der Waals surface area contributed by atoms with E-state index in [0.717, 1.165) is 28.2 Å². The molecule has 0 aliphatic heterocycles. The largest absolute Gasteiger partial charge is 0.459 e. The van der Waals surface area contributed by atoms with Crippen LogP contribution < -0.4 is 5.73 Å². The molecule has 2 rings (SSSR count). The molecule has 17 heavy (non-hydrogen) atoms. The van der Waals surface area contributed by atoms with Crippen LogP contribution in [-0.2, 0) is 0 Å². The molecule has 0 saturated heterocycles. The molecule has 3 heteroatoms. The van der Waals surface area contributed by atoms with Gasteiger partial charge in [0, 0.05) is 11.1 Å². The Hall–Kier alpha value is -0.930. The molecule has 0 amide bonds. The van der Waals surface area contributed by atoms with Crippen LogP contribution in [0.4, 0.5) is 0 Å². The van der Waals surface area contributed by atoms with Crippen molar-refractivity contribution in [1.29, 1.82) is 0 Å². The van der Waals surface area contributed by atoms with Crippen molar-refractivity contribution < 1.29 is 4.42 Å². The quantitative estimate of drug-likeness (QED) is 0.817. The maximum atomic E-state index is 6.12.